The molecule has 3 fully saturated rings. The van der Waals surface area contributed by atoms with Crippen molar-refractivity contribution in [1.29, 1.82) is 0 Å². The molecule has 3 heterocycles. The van der Waals surface area contributed by atoms with Crippen LogP contribution in [0.5, 0.6) is 0 Å². The molecule has 1 unspecified atom stereocenters. The molecule has 0 aromatic heterocycles. The molecule has 13 heteroatoms. The Balaban J connectivity index is 2.32. The van der Waals surface area contributed by atoms with Gasteiger partial charge in [0, 0.05) is 31.4 Å². The fourth-order valence-electron chi connectivity index (χ4n) is 7.90. The first kappa shape index (κ1) is 41.9. The lowest BCUT2D eigenvalue weighted by Crippen LogP contribution is -2.60. The monoisotopic (exact) mass is 708 g/mol. The van der Waals surface area contributed by atoms with Crippen molar-refractivity contribution < 1.29 is 52.7 Å². The van der Waals surface area contributed by atoms with Gasteiger partial charge >= 0.3 is 11.9 Å². The Morgan fingerprint density at radius 2 is 1.70 bits per heavy atom. The van der Waals surface area contributed by atoms with Crippen molar-refractivity contribution in [3.8, 4) is 0 Å². The molecule has 3 aliphatic rings. The Morgan fingerprint density at radius 1 is 1.06 bits per heavy atom. The van der Waals surface area contributed by atoms with Crippen LogP contribution in [0.4, 0.5) is 0 Å². The Kier molecular flexibility index (Phi) is 14.1. The maximum Gasteiger partial charge on any atom is 0.316 e. The molecule has 1 N–H and O–H groups in total. The second-order valence-electron chi connectivity index (χ2n) is 15.2. The zero-order valence-electron chi connectivity index (χ0n) is 32.0. The second kappa shape index (κ2) is 16.9. The third-order valence-corrected chi connectivity index (χ3v) is 10.5. The van der Waals surface area contributed by atoms with Gasteiger partial charge in [-0.3, -0.25) is 19.2 Å². The molecule has 13 nitrogen and oxygen atoms in total. The molecule has 0 aromatic carbocycles. The average Bonchev–Trinajstić information content (AvgIpc) is 3.03. The lowest BCUT2D eigenvalue weighted by molar-refractivity contribution is -0.299. The van der Waals surface area contributed by atoms with Crippen molar-refractivity contribution in [1.82, 2.24) is 4.90 Å². The van der Waals surface area contributed by atoms with Crippen LogP contribution in [0.15, 0.2) is 17.1 Å². The van der Waals surface area contributed by atoms with E-state index in [1.807, 2.05) is 46.7 Å². The van der Waals surface area contributed by atoms with Crippen LogP contribution < -0.4 is 0 Å². The summed E-state index contributed by atoms with van der Waals surface area (Å²) in [6.45, 7) is 20.7. The third kappa shape index (κ3) is 9.46. The maximum absolute atomic E-state index is 14.3. The van der Waals surface area contributed by atoms with E-state index in [4.69, 9.17) is 28.4 Å². The molecule has 0 saturated carbocycles. The molecule has 50 heavy (non-hydrogen) atoms. The molecular weight excluding hydrogens is 648 g/mol. The van der Waals surface area contributed by atoms with Crippen LogP contribution in [0.2, 0.25) is 0 Å². The number of aliphatic imine (C=N–C) groups is 1. The van der Waals surface area contributed by atoms with E-state index in [1.165, 1.54) is 27.7 Å². The normalized spacial score (nSPS) is 41.9. The van der Waals surface area contributed by atoms with Crippen molar-refractivity contribution in [2.75, 3.05) is 27.3 Å². The summed E-state index contributed by atoms with van der Waals surface area (Å²) in [5, 5.41) is 12.1. The summed E-state index contributed by atoms with van der Waals surface area (Å²) in [4.78, 5) is 59.4. The number of amides is 1. The number of ketones is 1. The fraction of sp³-hybridized carbons (Fsp3) is 0.811. The highest BCUT2D eigenvalue weighted by atomic mass is 16.7. The summed E-state index contributed by atoms with van der Waals surface area (Å²) in [6.07, 6.45) is -4.42. The van der Waals surface area contributed by atoms with Crippen LogP contribution in [0.25, 0.3) is 0 Å². The number of esters is 2. The zero-order chi connectivity index (χ0) is 37.9. The number of Topliss-reactive ketones (excluding diaryl/α,β-unsaturated/α-hetero) is 1. The van der Waals surface area contributed by atoms with E-state index in [0.29, 0.717) is 17.7 Å². The standard InChI is InChI=1S/C37H60N2O11/c1-14-28-37(11,44)33-22(5)29(38-25(8)40)20(3)16-36(10,46-18-19(2)17-45-33)32(23(6)30(42)24(7)34(43)49-28)50-35-31(48-26(9)41)27(39(12)13)15-21(4)47-35/h20-24,27-28,31-33,35,44H,2,14-18H2,1,3-13H3/b38-29+/t20-,21-,22+,23+,24-,27+,28-,31?,32-,33-,35+,36-,37-/m1/s1. The number of fused-ring (bicyclic) bond motifs is 5. The highest BCUT2D eigenvalue weighted by Crippen LogP contribution is 2.40. The first-order chi connectivity index (χ1) is 23.1. The molecule has 13 atom stereocenters. The second-order valence-corrected chi connectivity index (χ2v) is 15.2. The molecule has 1 amide bonds. The van der Waals surface area contributed by atoms with Gasteiger partial charge < -0.3 is 38.4 Å². The first-order valence-electron chi connectivity index (χ1n) is 17.8. The third-order valence-electron chi connectivity index (χ3n) is 10.5. The van der Waals surface area contributed by atoms with Crippen LogP contribution >= 0.6 is 0 Å². The van der Waals surface area contributed by atoms with Crippen LogP contribution in [0, 0.1) is 23.7 Å². The van der Waals surface area contributed by atoms with Gasteiger partial charge in [-0.25, -0.2) is 4.99 Å². The van der Waals surface area contributed by atoms with Gasteiger partial charge in [0.15, 0.2) is 18.2 Å². The number of carbonyl (C=O) groups excluding carboxylic acids is 4. The van der Waals surface area contributed by atoms with Crippen LogP contribution in [-0.4, -0.2) is 121 Å². The van der Waals surface area contributed by atoms with Gasteiger partial charge in [-0.05, 0) is 72.5 Å². The van der Waals surface area contributed by atoms with Gasteiger partial charge in [0.25, 0.3) is 0 Å². The van der Waals surface area contributed by atoms with Crippen molar-refractivity contribution in [2.24, 2.45) is 28.7 Å². The number of nitrogens with zero attached hydrogens (tertiary/aromatic N) is 2. The predicted octanol–water partition coefficient (Wildman–Crippen LogP) is 3.68. The van der Waals surface area contributed by atoms with E-state index in [9.17, 15) is 24.3 Å². The fourth-order valence-corrected chi connectivity index (χ4v) is 7.90. The minimum absolute atomic E-state index is 0.00420. The Morgan fingerprint density at radius 3 is 2.26 bits per heavy atom. The number of ether oxygens (including phenoxy) is 6. The molecule has 3 aliphatic heterocycles. The van der Waals surface area contributed by atoms with Gasteiger partial charge in [0.1, 0.15) is 17.6 Å². The number of likely N-dealkylation sites (N-methyl/N-ethyl adjacent to an activating group) is 1. The van der Waals surface area contributed by atoms with E-state index < -0.39 is 89.2 Å². The van der Waals surface area contributed by atoms with Crippen LogP contribution in [0.1, 0.15) is 88.5 Å². The lowest BCUT2D eigenvalue weighted by atomic mass is 9.73. The molecule has 3 rings (SSSR count). The molecule has 0 radical (unpaired) electrons. The summed E-state index contributed by atoms with van der Waals surface area (Å²) in [5.41, 5.74) is -2.06. The highest BCUT2D eigenvalue weighted by molar-refractivity contribution is 6.00. The van der Waals surface area contributed by atoms with E-state index in [0.717, 1.165) is 0 Å². The van der Waals surface area contributed by atoms with Gasteiger partial charge in [0.05, 0.1) is 43.2 Å². The Hall–Kier alpha value is -2.55. The van der Waals surface area contributed by atoms with E-state index in [-0.39, 0.29) is 38.2 Å². The number of hydrogen-bond acceptors (Lipinski definition) is 12. The molecule has 0 aliphatic carbocycles. The van der Waals surface area contributed by atoms with Gasteiger partial charge in [-0.15, -0.1) is 0 Å². The Labute approximate surface area is 297 Å². The Bertz CT molecular complexity index is 1300. The smallest absolute Gasteiger partial charge is 0.316 e. The van der Waals surface area contributed by atoms with E-state index >= 15 is 0 Å². The largest absolute Gasteiger partial charge is 0.459 e. The highest BCUT2D eigenvalue weighted by Gasteiger charge is 2.53. The van der Waals surface area contributed by atoms with Crippen molar-refractivity contribution in [2.45, 2.75) is 143 Å². The molecule has 0 aromatic rings. The zero-order valence-corrected chi connectivity index (χ0v) is 32.0. The molecule has 284 valence electrons. The first-order valence-corrected chi connectivity index (χ1v) is 17.8. The lowest BCUT2D eigenvalue weighted by Gasteiger charge is -2.48. The van der Waals surface area contributed by atoms with E-state index in [2.05, 4.69) is 11.6 Å². The SMILES string of the molecule is C=C1CO[C@@H]2[C@@H](C)/C(=N/C(C)=O)[C@H](C)C[C@@](C)(OC1)[C@H](O[C@@H]1O[C@H](C)C[C@H](N(C)C)C1OC(C)=O)[C@@H](C)C(=O)[C@@H](C)C(=O)O[C@H](CC)[C@@]2(C)O. The molecular formula is C37H60N2O11. The van der Waals surface area contributed by atoms with Crippen molar-refractivity contribution in [3.63, 3.8) is 0 Å². The summed E-state index contributed by atoms with van der Waals surface area (Å²) in [5.74, 6) is -5.55. The topological polar surface area (TPSA) is 159 Å². The van der Waals surface area contributed by atoms with Crippen LogP contribution in [-0.2, 0) is 47.6 Å². The summed E-state index contributed by atoms with van der Waals surface area (Å²) >= 11 is 0. The number of aliphatic hydroxyl groups is 1. The minimum atomic E-state index is -1.76. The number of carbonyl (C=O) groups is 4. The van der Waals surface area contributed by atoms with Gasteiger partial charge in [-0.2, -0.15) is 0 Å². The quantitative estimate of drug-likeness (QED) is 0.251. The summed E-state index contributed by atoms with van der Waals surface area (Å²) in [7, 11) is 3.76. The van der Waals surface area contributed by atoms with E-state index in [1.54, 1.807) is 13.8 Å². The number of cyclic esters (lactones) is 1. The van der Waals surface area contributed by atoms with Gasteiger partial charge in [-0.1, -0.05) is 34.3 Å². The molecule has 3 saturated heterocycles. The number of rotatable bonds is 5. The maximum atomic E-state index is 14.3. The summed E-state index contributed by atoms with van der Waals surface area (Å²) < 4.78 is 38.0. The van der Waals surface area contributed by atoms with Crippen molar-refractivity contribution >= 4 is 29.3 Å². The van der Waals surface area contributed by atoms with Crippen LogP contribution in [0.3, 0.4) is 0 Å². The predicted molar refractivity (Wildman–Crippen MR) is 185 cm³/mol. The number of hydrogen-bond donors (Lipinski definition) is 1. The summed E-state index contributed by atoms with van der Waals surface area (Å²) in [6, 6.07) is -0.269. The van der Waals surface area contributed by atoms with Crippen molar-refractivity contribution in [3.05, 3.63) is 12.2 Å². The minimum Gasteiger partial charge on any atom is -0.459 e. The molecule has 0 spiro atoms. The average molecular weight is 709 g/mol. The van der Waals surface area contributed by atoms with Gasteiger partial charge in [0.2, 0.25) is 5.91 Å². The molecule has 2 bridgehead atoms.